The molecule has 4 bridgehead atoms. The number of likely N-dealkylation sites (N-methyl/N-ethyl adjacent to an activating group) is 2. The number of rotatable bonds is 8. The number of aliphatic hydroxyl groups excluding tert-OH is 1. The first-order valence-corrected chi connectivity index (χ1v) is 15.1. The highest BCUT2D eigenvalue weighted by molar-refractivity contribution is 5.89. The lowest BCUT2D eigenvalue weighted by Crippen LogP contribution is -2.50. The maximum Gasteiger partial charge on any atom is 0.320 e. The quantitative estimate of drug-likeness (QED) is 0.166. The van der Waals surface area contributed by atoms with Crippen molar-refractivity contribution < 1.29 is 34.0 Å². The van der Waals surface area contributed by atoms with Gasteiger partial charge in [0.25, 0.3) is 11.8 Å². The Morgan fingerprint density at radius 2 is 1.34 bits per heavy atom. The van der Waals surface area contributed by atoms with Gasteiger partial charge in [0.05, 0.1) is 37.9 Å². The third kappa shape index (κ3) is 7.35. The summed E-state index contributed by atoms with van der Waals surface area (Å²) in [5, 5.41) is 15.7. The number of hydrogen-bond donors (Lipinski definition) is 5. The van der Waals surface area contributed by atoms with Gasteiger partial charge in [0.15, 0.2) is 0 Å². The zero-order valence-electron chi connectivity index (χ0n) is 24.7. The zero-order chi connectivity index (χ0) is 30.7. The van der Waals surface area contributed by atoms with E-state index in [9.17, 15) is 24.3 Å². The van der Waals surface area contributed by atoms with Gasteiger partial charge in [-0.3, -0.25) is 19.3 Å². The van der Waals surface area contributed by atoms with Crippen molar-refractivity contribution in [1.29, 1.82) is 0 Å². The van der Waals surface area contributed by atoms with E-state index < -0.39 is 12.1 Å². The molecule has 6 saturated heterocycles. The molecule has 44 heavy (non-hydrogen) atoms. The summed E-state index contributed by atoms with van der Waals surface area (Å²) >= 11 is 0. The van der Waals surface area contributed by atoms with Crippen molar-refractivity contribution in [2.45, 2.75) is 94.3 Å². The summed E-state index contributed by atoms with van der Waals surface area (Å²) in [5.74, 6) is -0.530. The van der Waals surface area contributed by atoms with Crippen LogP contribution in [0.2, 0.25) is 0 Å². The number of β-amino-alcohol motifs (C(OH)–C–C–N with tert-alkyl or cyclic N) is 1. The zero-order valence-corrected chi connectivity index (χ0v) is 24.7. The summed E-state index contributed by atoms with van der Waals surface area (Å²) in [6, 6.07) is -0.458. The molecule has 0 aromatic carbocycles. The average Bonchev–Trinajstić information content (AvgIpc) is 3.75. The molecule has 0 spiro atoms. The summed E-state index contributed by atoms with van der Waals surface area (Å²) in [7, 11) is 3.56. The lowest BCUT2D eigenvalue weighted by atomic mass is 10.0. The number of nitrogens with one attached hydrogen (secondary N) is 4. The second kappa shape index (κ2) is 14.7. The number of carbonyl (C=O) groups is 4. The van der Waals surface area contributed by atoms with Gasteiger partial charge in [0, 0.05) is 52.2 Å². The summed E-state index contributed by atoms with van der Waals surface area (Å²) in [4.78, 5) is 69.1. The van der Waals surface area contributed by atoms with Crippen LogP contribution in [0.4, 0.5) is 9.59 Å². The molecule has 0 aromatic heterocycles. The predicted molar refractivity (Wildman–Crippen MR) is 157 cm³/mol. The van der Waals surface area contributed by atoms with Gasteiger partial charge in [-0.1, -0.05) is 7.43 Å². The van der Waals surface area contributed by atoms with E-state index in [1.807, 2.05) is 0 Å². The minimum Gasteiger partial charge on any atom is -0.392 e. The van der Waals surface area contributed by atoms with Gasteiger partial charge in [0.1, 0.15) is 12.1 Å². The Morgan fingerprint density at radius 1 is 0.864 bits per heavy atom. The monoisotopic (exact) mass is 621 g/mol. The number of nitrogens with zero attached hydrogens (tertiary/aromatic N) is 5. The van der Waals surface area contributed by atoms with E-state index in [0.717, 1.165) is 19.3 Å². The summed E-state index contributed by atoms with van der Waals surface area (Å²) in [6.45, 7) is 10.1. The molecule has 8 atom stereocenters. The number of carbonyl (C=O) groups excluding carboxylic acids is 4. The van der Waals surface area contributed by atoms with Crippen LogP contribution >= 0.6 is 0 Å². The maximum absolute atomic E-state index is 12.2. The molecule has 6 heterocycles. The van der Waals surface area contributed by atoms with Gasteiger partial charge in [-0.15, -0.1) is 0 Å². The number of fused-ring (bicyclic) bond motifs is 4. The topological polar surface area (TPSA) is 172 Å². The maximum atomic E-state index is 12.2. The van der Waals surface area contributed by atoms with Crippen molar-refractivity contribution in [3.05, 3.63) is 11.4 Å². The highest BCUT2D eigenvalue weighted by atomic mass is 16.7. The van der Waals surface area contributed by atoms with Crippen LogP contribution in [0.5, 0.6) is 0 Å². The fourth-order valence-electron chi connectivity index (χ4n) is 6.73. The number of hydroxylamine groups is 2. The molecular formula is C28H47N9O7. The number of urea groups is 2. The highest BCUT2D eigenvalue weighted by Crippen LogP contribution is 2.29. The number of aliphatic hydroxyl groups is 1. The van der Waals surface area contributed by atoms with Gasteiger partial charge >= 0.3 is 12.1 Å². The Hall–Kier alpha value is -3.23. The molecule has 0 radical (unpaired) electrons. The van der Waals surface area contributed by atoms with E-state index in [4.69, 9.17) is 16.2 Å². The Morgan fingerprint density at radius 3 is 1.77 bits per heavy atom. The molecule has 0 saturated carbocycles. The molecule has 6 amide bonds. The van der Waals surface area contributed by atoms with Crippen LogP contribution in [0.15, 0.2) is 0 Å². The fraction of sp³-hybridized carbons (Fsp3) is 0.821. The van der Waals surface area contributed by atoms with Crippen LogP contribution in [-0.2, 0) is 19.3 Å². The van der Waals surface area contributed by atoms with Crippen LogP contribution in [0.25, 0.3) is 4.85 Å². The molecule has 246 valence electrons. The second-order valence-corrected chi connectivity index (χ2v) is 12.3. The van der Waals surface area contributed by atoms with Crippen LogP contribution in [0.1, 0.15) is 46.0 Å². The number of hydrogen-bond acceptors (Lipinski definition) is 9. The van der Waals surface area contributed by atoms with E-state index in [-0.39, 0.29) is 67.6 Å². The standard InChI is InChI=1S/C14H21N5O3.C13H22N4O4.CH4/c1-15-9-5-10(16-6-9)8-22-17-13(20)12-4-3-11-7-19(12)14(21)18(11)2;1-16-9-2-3-11(17(6-9)13(16)20)12(19)15-21-7-8-4-10(18)5-14-8;/h9-12,16H,3-8H2,2H3,(H,17,20);8-11,14,18H,2-7H2,1H3,(H,15,19);1H4/t9-,10-,11+,12-;8-,9+,10-,11-;/m00./s1. The van der Waals surface area contributed by atoms with E-state index in [2.05, 4.69) is 26.4 Å². The molecule has 16 nitrogen and oxygen atoms in total. The van der Waals surface area contributed by atoms with Gasteiger partial charge in [0.2, 0.25) is 6.04 Å². The number of amides is 6. The molecule has 5 N–H and O–H groups in total. The molecular weight excluding hydrogens is 574 g/mol. The molecule has 6 aliphatic heterocycles. The minimum absolute atomic E-state index is 0. The number of piperidine rings is 2. The molecule has 0 aromatic rings. The van der Waals surface area contributed by atoms with Crippen molar-refractivity contribution in [2.24, 2.45) is 0 Å². The van der Waals surface area contributed by atoms with Gasteiger partial charge in [-0.25, -0.2) is 27.1 Å². The third-order valence-corrected chi connectivity index (χ3v) is 9.40. The Labute approximate surface area is 258 Å². The second-order valence-electron chi connectivity index (χ2n) is 12.3. The lowest BCUT2D eigenvalue weighted by molar-refractivity contribution is -0.140. The highest BCUT2D eigenvalue weighted by Gasteiger charge is 2.46. The van der Waals surface area contributed by atoms with Crippen LogP contribution in [0.3, 0.4) is 0 Å². The molecule has 6 aliphatic rings. The summed E-state index contributed by atoms with van der Waals surface area (Å²) in [6.07, 6.45) is 4.02. The van der Waals surface area contributed by atoms with E-state index in [1.165, 1.54) is 0 Å². The van der Waals surface area contributed by atoms with Gasteiger partial charge in [-0.2, -0.15) is 0 Å². The predicted octanol–water partition coefficient (Wildman–Crippen LogP) is -1.13. The molecule has 0 unspecified atom stereocenters. The van der Waals surface area contributed by atoms with E-state index in [1.54, 1.807) is 33.7 Å². The van der Waals surface area contributed by atoms with Crippen molar-refractivity contribution in [3.8, 4) is 0 Å². The summed E-state index contributed by atoms with van der Waals surface area (Å²) < 4.78 is 0. The smallest absolute Gasteiger partial charge is 0.320 e. The first-order valence-electron chi connectivity index (χ1n) is 15.1. The van der Waals surface area contributed by atoms with Gasteiger partial charge < -0.3 is 40.2 Å². The minimum atomic E-state index is -0.444. The average molecular weight is 622 g/mol. The Kier molecular flexibility index (Phi) is 11.2. The van der Waals surface area contributed by atoms with E-state index in [0.29, 0.717) is 58.7 Å². The van der Waals surface area contributed by atoms with Crippen molar-refractivity contribution in [2.75, 3.05) is 53.5 Å². The van der Waals surface area contributed by atoms with Crippen LogP contribution < -0.4 is 21.6 Å². The molecule has 16 heteroatoms. The van der Waals surface area contributed by atoms with Crippen LogP contribution in [-0.4, -0.2) is 150 Å². The first kappa shape index (κ1) is 33.7. The van der Waals surface area contributed by atoms with E-state index >= 15 is 0 Å². The summed E-state index contributed by atoms with van der Waals surface area (Å²) in [5.41, 5.74) is 4.90. The van der Waals surface area contributed by atoms with Gasteiger partial charge in [-0.05, 0) is 32.1 Å². The fourth-order valence-corrected chi connectivity index (χ4v) is 6.73. The van der Waals surface area contributed by atoms with Crippen molar-refractivity contribution >= 4 is 23.9 Å². The van der Waals surface area contributed by atoms with Crippen molar-refractivity contribution in [3.63, 3.8) is 0 Å². The largest absolute Gasteiger partial charge is 0.392 e. The Balaban J connectivity index is 0.000000197. The third-order valence-electron chi connectivity index (χ3n) is 9.40. The lowest BCUT2D eigenvalue weighted by Gasteiger charge is -2.29. The molecule has 0 aliphatic carbocycles. The first-order chi connectivity index (χ1) is 20.7. The van der Waals surface area contributed by atoms with Crippen LogP contribution in [0, 0.1) is 6.57 Å². The van der Waals surface area contributed by atoms with Crippen molar-refractivity contribution in [1.82, 2.24) is 41.2 Å². The molecule has 6 fully saturated rings. The molecule has 6 rings (SSSR count). The normalized spacial score (nSPS) is 33.9. The Bertz CT molecular complexity index is 1110. The SMILES string of the molecule is C.CN1C(=O)N2C[C@H]1CC[C@H]2C(=O)NOC[C@@H]1C[C@H](O)CN1.[C-]#[N+][C@@H]1CN[C@H](CONC(=O)[C@@H]2CC[C@@H]3CN2C(=O)N3C)C1.